The van der Waals surface area contributed by atoms with Gasteiger partial charge >= 0.3 is 6.18 Å². The second-order valence-electron chi connectivity index (χ2n) is 17.0. The summed E-state index contributed by atoms with van der Waals surface area (Å²) in [6.45, 7) is 11.8. The average molecular weight is 879 g/mol. The molecule has 10 aromatic rings. The second kappa shape index (κ2) is 14.9. The molecule has 2 nitrogen and oxygen atoms in total. The Hall–Kier alpha value is -7.20. The van der Waals surface area contributed by atoms with Gasteiger partial charge in [0.2, 0.25) is 5.82 Å². The van der Waals surface area contributed by atoms with Crippen LogP contribution in [-0.4, -0.2) is 9.13 Å². The van der Waals surface area contributed by atoms with Crippen molar-refractivity contribution in [1.82, 2.24) is 9.13 Å². The number of aromatic nitrogens is 2. The van der Waals surface area contributed by atoms with Gasteiger partial charge in [-0.1, -0.05) is 96.1 Å². The van der Waals surface area contributed by atoms with E-state index in [4.69, 9.17) is 0 Å². The summed E-state index contributed by atoms with van der Waals surface area (Å²) in [6.07, 6.45) is -5.17. The first-order valence-corrected chi connectivity index (χ1v) is 20.9. The molecule has 0 amide bonds. The normalized spacial score (nSPS) is 12.2. The molecule has 2 aromatic heterocycles. The third-order valence-electron chi connectivity index (χ3n) is 12.6. The van der Waals surface area contributed by atoms with E-state index in [1.807, 2.05) is 90.1 Å². The molecule has 0 saturated carbocycles. The number of hydrogen-bond donors (Lipinski definition) is 0. The van der Waals surface area contributed by atoms with Crippen LogP contribution >= 0.6 is 0 Å². The first-order chi connectivity index (χ1) is 30.9. The average Bonchev–Trinajstić information content (AvgIpc) is 3.76. The molecule has 10 rings (SSSR count). The van der Waals surface area contributed by atoms with Gasteiger partial charge in [0.1, 0.15) is 5.56 Å². The molecule has 0 fully saturated rings. The van der Waals surface area contributed by atoms with Crippen LogP contribution in [-0.2, 0) is 6.18 Å². The molecule has 0 atom stereocenters. The van der Waals surface area contributed by atoms with Crippen LogP contribution in [0.2, 0.25) is 0 Å². The van der Waals surface area contributed by atoms with Gasteiger partial charge in [-0.2, -0.15) is 13.2 Å². The summed E-state index contributed by atoms with van der Waals surface area (Å²) in [5.74, 6) is -11.2. The van der Waals surface area contributed by atoms with Gasteiger partial charge < -0.3 is 9.13 Å². The Labute approximate surface area is 368 Å². The highest BCUT2D eigenvalue weighted by Gasteiger charge is 2.40. The molecule has 0 saturated heterocycles. The SMILES string of the molecule is Cc1cc(C)c(-c2ccc3c4ccccc4n(-c4cc(-c5c(F)c(F)c(F)c(F)c5F)cc(-n5c6ccccc6c6ccc(-c7c(C)cc(C)cc7C)cc65)c4C(F)(F)F)c3c2)c(C)c1. The lowest BCUT2D eigenvalue weighted by Crippen LogP contribution is -2.16. The maximum Gasteiger partial charge on any atom is 0.420 e. The minimum atomic E-state index is -5.17. The van der Waals surface area contributed by atoms with Gasteiger partial charge in [-0.05, 0) is 128 Å². The number of alkyl halides is 3. The molecule has 0 aliphatic carbocycles. The summed E-state index contributed by atoms with van der Waals surface area (Å²) >= 11 is 0. The molecular formula is C55H38F8N2. The largest absolute Gasteiger partial charge is 0.420 e. The molecule has 10 heteroatoms. The summed E-state index contributed by atoms with van der Waals surface area (Å²) in [4.78, 5) is 0. The van der Waals surface area contributed by atoms with Crippen LogP contribution in [0.5, 0.6) is 0 Å². The molecule has 0 spiro atoms. The monoisotopic (exact) mass is 878 g/mol. The third-order valence-corrected chi connectivity index (χ3v) is 12.6. The Bertz CT molecular complexity index is 3390. The first kappa shape index (κ1) is 41.8. The first-order valence-electron chi connectivity index (χ1n) is 20.9. The van der Waals surface area contributed by atoms with Crippen LogP contribution < -0.4 is 0 Å². The minimum absolute atomic E-state index is 0.317. The lowest BCUT2D eigenvalue weighted by atomic mass is 9.93. The van der Waals surface area contributed by atoms with Crippen LogP contribution in [0.3, 0.4) is 0 Å². The van der Waals surface area contributed by atoms with Crippen LogP contribution in [0.1, 0.15) is 38.9 Å². The van der Waals surface area contributed by atoms with Gasteiger partial charge in [-0.25, -0.2) is 22.0 Å². The van der Waals surface area contributed by atoms with Crippen LogP contribution in [0.15, 0.2) is 121 Å². The third kappa shape index (κ3) is 6.44. The van der Waals surface area contributed by atoms with E-state index in [-0.39, 0.29) is 0 Å². The number of nitrogens with zero attached hydrogens (tertiary/aromatic N) is 2. The molecule has 324 valence electrons. The maximum absolute atomic E-state index is 16.6. The van der Waals surface area contributed by atoms with E-state index in [1.165, 1.54) is 9.13 Å². The van der Waals surface area contributed by atoms with Gasteiger partial charge in [-0.15, -0.1) is 0 Å². The van der Waals surface area contributed by atoms with Crippen molar-refractivity contribution >= 4 is 43.6 Å². The highest BCUT2D eigenvalue weighted by Crippen LogP contribution is 2.48. The summed E-state index contributed by atoms with van der Waals surface area (Å²) in [5, 5.41) is 2.31. The highest BCUT2D eigenvalue weighted by atomic mass is 19.4. The smallest absolute Gasteiger partial charge is 0.309 e. The molecule has 0 bridgehead atoms. The molecule has 0 aliphatic heterocycles. The van der Waals surface area contributed by atoms with E-state index >= 15 is 30.7 Å². The molecular weight excluding hydrogens is 841 g/mol. The molecule has 2 heterocycles. The minimum Gasteiger partial charge on any atom is -0.309 e. The number of para-hydroxylation sites is 2. The maximum atomic E-state index is 16.6. The number of aryl methyl sites for hydroxylation is 6. The summed E-state index contributed by atoms with van der Waals surface area (Å²) < 4.78 is 130. The van der Waals surface area contributed by atoms with Crippen molar-refractivity contribution in [2.24, 2.45) is 0 Å². The fraction of sp³-hybridized carbons (Fsp3) is 0.127. The van der Waals surface area contributed by atoms with Crippen LogP contribution in [0.25, 0.3) is 88.4 Å². The molecule has 0 radical (unpaired) electrons. The van der Waals surface area contributed by atoms with Crippen molar-refractivity contribution in [1.29, 1.82) is 0 Å². The van der Waals surface area contributed by atoms with Crippen LogP contribution in [0, 0.1) is 70.6 Å². The van der Waals surface area contributed by atoms with Gasteiger partial charge in [0, 0.05) is 21.5 Å². The number of halogens is 8. The van der Waals surface area contributed by atoms with E-state index in [0.717, 1.165) is 56.6 Å². The van der Waals surface area contributed by atoms with Crippen molar-refractivity contribution in [3.63, 3.8) is 0 Å². The quantitative estimate of drug-likeness (QED) is 0.0926. The van der Waals surface area contributed by atoms with Crippen molar-refractivity contribution in [3.8, 4) is 44.8 Å². The summed E-state index contributed by atoms with van der Waals surface area (Å²) in [7, 11) is 0. The van der Waals surface area contributed by atoms with Gasteiger partial charge in [-0.3, -0.25) is 0 Å². The van der Waals surface area contributed by atoms with Crippen molar-refractivity contribution in [2.75, 3.05) is 0 Å². The molecule has 65 heavy (non-hydrogen) atoms. The Kier molecular flexibility index (Phi) is 9.61. The van der Waals surface area contributed by atoms with Crippen molar-refractivity contribution in [3.05, 3.63) is 189 Å². The predicted octanol–water partition coefficient (Wildman–Crippen LogP) is 16.4. The van der Waals surface area contributed by atoms with E-state index < -0.39 is 63.3 Å². The number of rotatable bonds is 5. The zero-order chi connectivity index (χ0) is 46.0. The predicted molar refractivity (Wildman–Crippen MR) is 245 cm³/mol. The zero-order valence-electron chi connectivity index (χ0n) is 36.0. The Balaban J connectivity index is 1.41. The molecule has 0 N–H and O–H groups in total. The number of benzene rings is 8. The second-order valence-corrected chi connectivity index (χ2v) is 17.0. The lowest BCUT2D eigenvalue weighted by molar-refractivity contribution is -0.137. The van der Waals surface area contributed by atoms with E-state index in [0.29, 0.717) is 54.7 Å². The standard InChI is InChI=1S/C55H38F8N2/c1-27-19-29(3)46(30(4)20-27)33-15-17-38-36-11-7-9-13-40(36)64(42(38)23-33)44-25-35(48-50(56)52(58)54(60)53(59)51(48)57)26-45(49(44)55(61,62)63)65-41-14-10-8-12-37(41)39-18-16-34(24-43(39)65)47-31(5)21-28(2)22-32(47)6/h7-26H,1-6H3. The summed E-state index contributed by atoms with van der Waals surface area (Å²) in [6, 6.07) is 34.5. The van der Waals surface area contributed by atoms with Gasteiger partial charge in [0.25, 0.3) is 0 Å². The number of hydrogen-bond acceptors (Lipinski definition) is 0. The Morgan fingerprint density at radius 2 is 0.708 bits per heavy atom. The van der Waals surface area contributed by atoms with Gasteiger partial charge in [0.05, 0.1) is 39.0 Å². The van der Waals surface area contributed by atoms with Crippen LogP contribution in [0.4, 0.5) is 35.1 Å². The Morgan fingerprint density at radius 3 is 1.09 bits per heavy atom. The van der Waals surface area contributed by atoms with E-state index in [1.54, 1.807) is 60.7 Å². The van der Waals surface area contributed by atoms with E-state index in [2.05, 4.69) is 0 Å². The van der Waals surface area contributed by atoms with E-state index in [9.17, 15) is 4.39 Å². The fourth-order valence-electron chi connectivity index (χ4n) is 10.3. The van der Waals surface area contributed by atoms with Gasteiger partial charge in [0.15, 0.2) is 23.3 Å². The van der Waals surface area contributed by atoms with Crippen molar-refractivity contribution in [2.45, 2.75) is 47.7 Å². The number of fused-ring (bicyclic) bond motifs is 6. The highest BCUT2D eigenvalue weighted by molar-refractivity contribution is 6.12. The fourth-order valence-corrected chi connectivity index (χ4v) is 10.3. The Morgan fingerprint density at radius 1 is 0.354 bits per heavy atom. The van der Waals surface area contributed by atoms with Crippen molar-refractivity contribution < 1.29 is 35.1 Å². The lowest BCUT2D eigenvalue weighted by Gasteiger charge is -2.23. The topological polar surface area (TPSA) is 9.86 Å². The summed E-state index contributed by atoms with van der Waals surface area (Å²) in [5.41, 5.74) is 5.90. The molecule has 0 unspecified atom stereocenters. The molecule has 0 aliphatic rings. The zero-order valence-corrected chi connectivity index (χ0v) is 36.0. The molecule has 8 aromatic carbocycles.